The van der Waals surface area contributed by atoms with E-state index in [1.54, 1.807) is 0 Å². The molecule has 0 radical (unpaired) electrons. The number of rotatable bonds is 5. The number of nitrogens with zero attached hydrogens (tertiary/aromatic N) is 1. The average molecular weight is 297 g/mol. The lowest BCUT2D eigenvalue weighted by Gasteiger charge is -2.22. The molecule has 1 saturated carbocycles. The van der Waals surface area contributed by atoms with Gasteiger partial charge < -0.3 is 4.74 Å². The van der Waals surface area contributed by atoms with Gasteiger partial charge >= 0.3 is 5.97 Å². The standard InChI is InChI=1S/C18H35NO2/c1-3-19(4-2)16-18(20)21-17-14-12-10-8-6-5-7-9-11-13-15-17/h17H,3-16H2,1-2H3. The van der Waals surface area contributed by atoms with Gasteiger partial charge in [-0.2, -0.15) is 0 Å². The van der Waals surface area contributed by atoms with Gasteiger partial charge in [-0.05, 0) is 38.8 Å². The van der Waals surface area contributed by atoms with Crippen molar-refractivity contribution in [3.05, 3.63) is 0 Å². The Morgan fingerprint density at radius 1 is 0.857 bits per heavy atom. The maximum absolute atomic E-state index is 12.1. The number of carbonyl (C=O) groups excluding carboxylic acids is 1. The van der Waals surface area contributed by atoms with Gasteiger partial charge in [-0.3, -0.25) is 9.69 Å². The van der Waals surface area contributed by atoms with Crippen molar-refractivity contribution in [2.24, 2.45) is 0 Å². The van der Waals surface area contributed by atoms with Crippen LogP contribution in [0.2, 0.25) is 0 Å². The summed E-state index contributed by atoms with van der Waals surface area (Å²) >= 11 is 0. The van der Waals surface area contributed by atoms with Crippen LogP contribution >= 0.6 is 0 Å². The molecule has 1 aliphatic rings. The van der Waals surface area contributed by atoms with Crippen molar-refractivity contribution >= 4 is 5.97 Å². The Balaban J connectivity index is 2.34. The van der Waals surface area contributed by atoms with Gasteiger partial charge in [0.2, 0.25) is 0 Å². The normalized spacial score (nSPS) is 19.8. The predicted molar refractivity (Wildman–Crippen MR) is 88.5 cm³/mol. The maximum Gasteiger partial charge on any atom is 0.320 e. The molecule has 0 aliphatic heterocycles. The number of likely N-dealkylation sites (N-methyl/N-ethyl adjacent to an activating group) is 1. The molecule has 21 heavy (non-hydrogen) atoms. The van der Waals surface area contributed by atoms with E-state index in [0.29, 0.717) is 6.54 Å². The van der Waals surface area contributed by atoms with E-state index in [0.717, 1.165) is 25.9 Å². The van der Waals surface area contributed by atoms with Crippen molar-refractivity contribution in [3.63, 3.8) is 0 Å². The zero-order chi connectivity index (χ0) is 15.3. The SMILES string of the molecule is CCN(CC)CC(=O)OC1CCCCCCCCCCC1. The van der Waals surface area contributed by atoms with Gasteiger partial charge in [0.25, 0.3) is 0 Å². The van der Waals surface area contributed by atoms with Crippen molar-refractivity contribution < 1.29 is 9.53 Å². The Kier molecular flexibility index (Phi) is 10.6. The summed E-state index contributed by atoms with van der Waals surface area (Å²) in [7, 11) is 0. The first-order chi connectivity index (χ1) is 10.3. The molecule has 1 aliphatic carbocycles. The third kappa shape index (κ3) is 9.13. The second kappa shape index (κ2) is 12.0. The van der Waals surface area contributed by atoms with Crippen molar-refractivity contribution in [3.8, 4) is 0 Å². The summed E-state index contributed by atoms with van der Waals surface area (Å²) in [4.78, 5) is 14.2. The molecule has 124 valence electrons. The summed E-state index contributed by atoms with van der Waals surface area (Å²) in [6.07, 6.45) is 14.2. The van der Waals surface area contributed by atoms with E-state index < -0.39 is 0 Å². The molecule has 0 bridgehead atoms. The molecule has 3 heteroatoms. The van der Waals surface area contributed by atoms with Crippen LogP contribution in [0.15, 0.2) is 0 Å². The molecule has 0 unspecified atom stereocenters. The highest BCUT2D eigenvalue weighted by Crippen LogP contribution is 2.19. The molecule has 0 aromatic carbocycles. The monoisotopic (exact) mass is 297 g/mol. The number of ether oxygens (including phenoxy) is 1. The molecular weight excluding hydrogens is 262 g/mol. The molecule has 0 spiro atoms. The van der Waals surface area contributed by atoms with E-state index in [-0.39, 0.29) is 12.1 Å². The van der Waals surface area contributed by atoms with E-state index in [9.17, 15) is 4.79 Å². The molecule has 0 aromatic rings. The zero-order valence-corrected chi connectivity index (χ0v) is 14.2. The van der Waals surface area contributed by atoms with E-state index in [1.807, 2.05) is 0 Å². The van der Waals surface area contributed by atoms with Crippen LogP contribution in [-0.4, -0.2) is 36.6 Å². The smallest absolute Gasteiger partial charge is 0.320 e. The van der Waals surface area contributed by atoms with Gasteiger partial charge in [0.1, 0.15) is 6.10 Å². The van der Waals surface area contributed by atoms with E-state index >= 15 is 0 Å². The minimum atomic E-state index is -0.0317. The fourth-order valence-electron chi connectivity index (χ4n) is 3.10. The van der Waals surface area contributed by atoms with Crippen LogP contribution in [0.3, 0.4) is 0 Å². The summed E-state index contributed by atoms with van der Waals surface area (Å²) in [5.74, 6) is -0.0317. The fraction of sp³-hybridized carbons (Fsp3) is 0.944. The highest BCUT2D eigenvalue weighted by Gasteiger charge is 2.16. The van der Waals surface area contributed by atoms with Gasteiger partial charge in [0, 0.05) is 0 Å². The van der Waals surface area contributed by atoms with Gasteiger partial charge in [0.15, 0.2) is 0 Å². The Labute approximate surface area is 131 Å². The van der Waals surface area contributed by atoms with Gasteiger partial charge in [0.05, 0.1) is 6.54 Å². The maximum atomic E-state index is 12.1. The third-order valence-electron chi connectivity index (χ3n) is 4.60. The first kappa shape index (κ1) is 18.5. The molecule has 0 aromatic heterocycles. The Morgan fingerprint density at radius 2 is 1.29 bits per heavy atom. The number of esters is 1. The molecule has 0 heterocycles. The van der Waals surface area contributed by atoms with Gasteiger partial charge in [-0.1, -0.05) is 58.8 Å². The summed E-state index contributed by atoms with van der Waals surface area (Å²) in [5, 5.41) is 0. The van der Waals surface area contributed by atoms with Crippen LogP contribution in [0.4, 0.5) is 0 Å². The number of hydrogen-bond acceptors (Lipinski definition) is 3. The highest BCUT2D eigenvalue weighted by atomic mass is 16.5. The molecular formula is C18H35NO2. The lowest BCUT2D eigenvalue weighted by atomic mass is 9.99. The van der Waals surface area contributed by atoms with E-state index in [2.05, 4.69) is 18.7 Å². The molecule has 0 amide bonds. The lowest BCUT2D eigenvalue weighted by molar-refractivity contribution is -0.151. The molecule has 1 rings (SSSR count). The molecule has 0 saturated heterocycles. The van der Waals surface area contributed by atoms with Gasteiger partial charge in [-0.25, -0.2) is 0 Å². The van der Waals surface area contributed by atoms with Crippen LogP contribution < -0.4 is 0 Å². The Morgan fingerprint density at radius 3 is 1.71 bits per heavy atom. The van der Waals surface area contributed by atoms with E-state index in [4.69, 9.17) is 4.74 Å². The van der Waals surface area contributed by atoms with Crippen molar-refractivity contribution in [2.45, 2.75) is 90.6 Å². The quantitative estimate of drug-likeness (QED) is 0.697. The second-order valence-electron chi connectivity index (χ2n) is 6.33. The zero-order valence-electron chi connectivity index (χ0n) is 14.2. The topological polar surface area (TPSA) is 29.5 Å². The molecule has 3 nitrogen and oxygen atoms in total. The fourth-order valence-corrected chi connectivity index (χ4v) is 3.10. The predicted octanol–water partition coefficient (Wildman–Crippen LogP) is 4.54. The summed E-state index contributed by atoms with van der Waals surface area (Å²) in [6.45, 7) is 6.45. The number of carbonyl (C=O) groups is 1. The van der Waals surface area contributed by atoms with Crippen LogP contribution in [0.5, 0.6) is 0 Å². The van der Waals surface area contributed by atoms with Gasteiger partial charge in [-0.15, -0.1) is 0 Å². The minimum absolute atomic E-state index is 0.0317. The van der Waals surface area contributed by atoms with Crippen molar-refractivity contribution in [1.82, 2.24) is 4.90 Å². The minimum Gasteiger partial charge on any atom is -0.461 e. The highest BCUT2D eigenvalue weighted by molar-refractivity contribution is 5.71. The first-order valence-corrected chi connectivity index (χ1v) is 9.18. The average Bonchev–Trinajstić information content (AvgIpc) is 2.47. The van der Waals surface area contributed by atoms with E-state index in [1.165, 1.54) is 57.8 Å². The largest absolute Gasteiger partial charge is 0.461 e. The summed E-state index contributed by atoms with van der Waals surface area (Å²) in [5.41, 5.74) is 0. The van der Waals surface area contributed by atoms with Crippen LogP contribution in [0, 0.1) is 0 Å². The first-order valence-electron chi connectivity index (χ1n) is 9.18. The third-order valence-corrected chi connectivity index (χ3v) is 4.60. The second-order valence-corrected chi connectivity index (χ2v) is 6.33. The molecule has 0 N–H and O–H groups in total. The summed E-state index contributed by atoms with van der Waals surface area (Å²) in [6, 6.07) is 0. The van der Waals surface area contributed by atoms with Crippen LogP contribution in [0.25, 0.3) is 0 Å². The molecule has 1 fully saturated rings. The van der Waals surface area contributed by atoms with Crippen molar-refractivity contribution in [2.75, 3.05) is 19.6 Å². The Hall–Kier alpha value is -0.570. The molecule has 0 atom stereocenters. The number of hydrogen-bond donors (Lipinski definition) is 0. The van der Waals surface area contributed by atoms with Crippen molar-refractivity contribution in [1.29, 1.82) is 0 Å². The lowest BCUT2D eigenvalue weighted by Crippen LogP contribution is -2.32. The summed E-state index contributed by atoms with van der Waals surface area (Å²) < 4.78 is 5.75. The van der Waals surface area contributed by atoms with Crippen LogP contribution in [0.1, 0.15) is 84.5 Å². The Bertz CT molecular complexity index is 252. The van der Waals surface area contributed by atoms with Crippen LogP contribution in [-0.2, 0) is 9.53 Å².